The molecular formula is C33H30N6O6. The molecule has 2 fully saturated rings. The summed E-state index contributed by atoms with van der Waals surface area (Å²) in [6.45, 7) is 1.53. The number of benzene rings is 3. The van der Waals surface area contributed by atoms with Gasteiger partial charge in [0.05, 0.1) is 21.9 Å². The van der Waals surface area contributed by atoms with Crippen molar-refractivity contribution in [2.45, 2.75) is 32.1 Å². The van der Waals surface area contributed by atoms with Gasteiger partial charge < -0.3 is 20.3 Å². The Morgan fingerprint density at radius 3 is 2.47 bits per heavy atom. The standard InChI is InChI=1S/C33H30N6O6/c40-28-5-1-2-16-38(28)17-3-4-20-6-10-22(11-7-20)30(29-25-19-24(39(44)45)14-15-26(25)35-32(29)42)34-23-12-8-21(9-13-23)18-27-31(41)37-33(43)36-27/h6-15,18-19,35,42H,1-5,16-17H2,(H2,36,37,41,43). The molecule has 0 atom stereocenters. The zero-order chi connectivity index (χ0) is 31.5. The first-order chi connectivity index (χ1) is 21.7. The minimum absolute atomic E-state index is 0.120. The molecule has 1 aromatic heterocycles. The van der Waals surface area contributed by atoms with Gasteiger partial charge in [0.1, 0.15) is 5.70 Å². The topological polar surface area (TPSA) is 170 Å². The zero-order valence-electron chi connectivity index (χ0n) is 24.2. The van der Waals surface area contributed by atoms with Gasteiger partial charge in [-0.2, -0.15) is 0 Å². The van der Waals surface area contributed by atoms with Crippen molar-refractivity contribution in [3.8, 4) is 5.88 Å². The van der Waals surface area contributed by atoms with Crippen LogP contribution in [0.4, 0.5) is 16.2 Å². The van der Waals surface area contributed by atoms with E-state index in [0.29, 0.717) is 45.4 Å². The average molecular weight is 607 g/mol. The summed E-state index contributed by atoms with van der Waals surface area (Å²) in [5, 5.41) is 27.6. The van der Waals surface area contributed by atoms with Crippen LogP contribution in [0.3, 0.4) is 0 Å². The van der Waals surface area contributed by atoms with Gasteiger partial charge in [-0.05, 0) is 61.1 Å². The highest BCUT2D eigenvalue weighted by atomic mass is 16.6. The molecule has 45 heavy (non-hydrogen) atoms. The van der Waals surface area contributed by atoms with E-state index in [9.17, 15) is 29.6 Å². The van der Waals surface area contributed by atoms with Crippen LogP contribution in [-0.4, -0.2) is 56.6 Å². The Bertz CT molecular complexity index is 1870. The second-order valence-corrected chi connectivity index (χ2v) is 11.0. The van der Waals surface area contributed by atoms with Crippen LogP contribution in [0.25, 0.3) is 17.0 Å². The number of aryl methyl sites for hydroxylation is 1. The molecule has 0 unspecified atom stereocenters. The molecule has 2 aliphatic heterocycles. The second kappa shape index (κ2) is 12.4. The van der Waals surface area contributed by atoms with Crippen molar-refractivity contribution >= 4 is 51.9 Å². The normalized spacial score (nSPS) is 16.4. The maximum Gasteiger partial charge on any atom is 0.326 e. The summed E-state index contributed by atoms with van der Waals surface area (Å²) in [5.74, 6) is -0.475. The Balaban J connectivity index is 1.32. The number of urea groups is 1. The van der Waals surface area contributed by atoms with E-state index in [0.717, 1.165) is 44.3 Å². The van der Waals surface area contributed by atoms with Gasteiger partial charge in [0, 0.05) is 48.1 Å². The van der Waals surface area contributed by atoms with Gasteiger partial charge >= 0.3 is 6.03 Å². The number of fused-ring (bicyclic) bond motifs is 1. The number of piperidine rings is 1. The Hall–Kier alpha value is -5.78. The van der Waals surface area contributed by atoms with Crippen molar-refractivity contribution in [2.24, 2.45) is 4.99 Å². The molecule has 4 aromatic rings. The minimum atomic E-state index is -0.584. The molecule has 0 spiro atoms. The Labute approximate surface area is 257 Å². The van der Waals surface area contributed by atoms with E-state index in [1.165, 1.54) is 12.1 Å². The number of aliphatic imine (C=N–C) groups is 1. The maximum absolute atomic E-state index is 12.1. The number of rotatable bonds is 9. The van der Waals surface area contributed by atoms with Crippen molar-refractivity contribution in [3.63, 3.8) is 0 Å². The van der Waals surface area contributed by atoms with E-state index in [4.69, 9.17) is 4.99 Å². The molecule has 0 radical (unpaired) electrons. The number of aromatic amines is 1. The summed E-state index contributed by atoms with van der Waals surface area (Å²) in [6.07, 6.45) is 5.79. The number of H-pyrrole nitrogens is 1. The molecule has 0 aliphatic carbocycles. The fourth-order valence-corrected chi connectivity index (χ4v) is 5.61. The van der Waals surface area contributed by atoms with Gasteiger partial charge in [-0.25, -0.2) is 9.79 Å². The van der Waals surface area contributed by atoms with Crippen molar-refractivity contribution in [2.75, 3.05) is 13.1 Å². The first-order valence-corrected chi connectivity index (χ1v) is 14.6. The lowest BCUT2D eigenvalue weighted by atomic mass is 9.98. The highest BCUT2D eigenvalue weighted by Crippen LogP contribution is 2.34. The SMILES string of the molecule is O=C1NC(=O)C(=Cc2ccc(N=C(c3ccc(CCCN4CCCCC4=O)cc3)c3c(O)[nH]c4ccc([N+](=O)[O-])cc34)cc2)N1. The number of carbonyl (C=O) groups excluding carboxylic acids is 3. The van der Waals surface area contributed by atoms with Crippen LogP contribution < -0.4 is 10.6 Å². The number of nitrogens with zero attached hydrogens (tertiary/aromatic N) is 3. The van der Waals surface area contributed by atoms with Gasteiger partial charge in [-0.1, -0.05) is 36.4 Å². The maximum atomic E-state index is 12.1. The van der Waals surface area contributed by atoms with Gasteiger partial charge in [0.2, 0.25) is 5.91 Å². The number of aromatic nitrogens is 1. The molecule has 228 valence electrons. The smallest absolute Gasteiger partial charge is 0.326 e. The Morgan fingerprint density at radius 2 is 1.78 bits per heavy atom. The van der Waals surface area contributed by atoms with Crippen molar-refractivity contribution in [1.82, 2.24) is 20.5 Å². The molecule has 2 saturated heterocycles. The van der Waals surface area contributed by atoms with Crippen LogP contribution in [0.5, 0.6) is 5.88 Å². The summed E-state index contributed by atoms with van der Waals surface area (Å²) in [5.41, 5.74) is 4.20. The monoisotopic (exact) mass is 606 g/mol. The third kappa shape index (κ3) is 6.44. The van der Waals surface area contributed by atoms with E-state index in [1.54, 1.807) is 36.4 Å². The lowest BCUT2D eigenvalue weighted by molar-refractivity contribution is -0.384. The largest absolute Gasteiger partial charge is 0.494 e. The number of imide groups is 1. The van der Waals surface area contributed by atoms with E-state index in [-0.39, 0.29) is 23.2 Å². The molecule has 6 rings (SSSR count). The number of aromatic hydroxyl groups is 1. The Kier molecular flexibility index (Phi) is 8.10. The van der Waals surface area contributed by atoms with Crippen LogP contribution in [-0.2, 0) is 16.0 Å². The van der Waals surface area contributed by atoms with E-state index in [1.807, 2.05) is 29.2 Å². The number of amides is 4. The molecule has 12 nitrogen and oxygen atoms in total. The molecule has 4 amide bonds. The second-order valence-electron chi connectivity index (χ2n) is 11.0. The van der Waals surface area contributed by atoms with E-state index >= 15 is 0 Å². The number of nitro benzene ring substituents is 1. The molecule has 0 saturated carbocycles. The number of likely N-dealkylation sites (tertiary alicyclic amines) is 1. The highest BCUT2D eigenvalue weighted by molar-refractivity contribution is 6.22. The Morgan fingerprint density at radius 1 is 1.00 bits per heavy atom. The molecule has 3 heterocycles. The summed E-state index contributed by atoms with van der Waals surface area (Å²) in [7, 11) is 0. The zero-order valence-corrected chi connectivity index (χ0v) is 24.2. The number of carbonyl (C=O) groups is 3. The predicted octanol–water partition coefficient (Wildman–Crippen LogP) is 5.08. The van der Waals surface area contributed by atoms with Crippen LogP contribution in [0.1, 0.15) is 47.9 Å². The fraction of sp³-hybridized carbons (Fsp3) is 0.212. The summed E-state index contributed by atoms with van der Waals surface area (Å²) in [4.78, 5) is 56.2. The van der Waals surface area contributed by atoms with Gasteiger partial charge in [0.15, 0.2) is 5.88 Å². The predicted molar refractivity (Wildman–Crippen MR) is 168 cm³/mol. The van der Waals surface area contributed by atoms with Crippen molar-refractivity contribution < 1.29 is 24.4 Å². The van der Waals surface area contributed by atoms with Gasteiger partial charge in [-0.15, -0.1) is 0 Å². The lowest BCUT2D eigenvalue weighted by Gasteiger charge is -2.26. The third-order valence-corrected chi connectivity index (χ3v) is 7.92. The van der Waals surface area contributed by atoms with Gasteiger partial charge in [0.25, 0.3) is 11.6 Å². The highest BCUT2D eigenvalue weighted by Gasteiger charge is 2.23. The quantitative estimate of drug-likeness (QED) is 0.0681. The number of hydrogen-bond donors (Lipinski definition) is 4. The number of hydrogen-bond acceptors (Lipinski definition) is 7. The van der Waals surface area contributed by atoms with Crippen LogP contribution in [0.2, 0.25) is 0 Å². The van der Waals surface area contributed by atoms with Crippen LogP contribution in [0, 0.1) is 10.1 Å². The number of non-ortho nitro benzene ring substituents is 1. The number of nitrogens with one attached hydrogen (secondary N) is 3. The first-order valence-electron chi connectivity index (χ1n) is 14.6. The fourth-order valence-electron chi connectivity index (χ4n) is 5.61. The lowest BCUT2D eigenvalue weighted by Crippen LogP contribution is -2.36. The first kappa shape index (κ1) is 29.3. The van der Waals surface area contributed by atoms with Crippen LogP contribution >= 0.6 is 0 Å². The molecule has 0 bridgehead atoms. The third-order valence-electron chi connectivity index (χ3n) is 7.92. The molecular weight excluding hydrogens is 576 g/mol. The molecule has 3 aromatic carbocycles. The molecule has 4 N–H and O–H groups in total. The molecule has 2 aliphatic rings. The summed E-state index contributed by atoms with van der Waals surface area (Å²) in [6, 6.07) is 18.4. The van der Waals surface area contributed by atoms with Crippen LogP contribution in [0.15, 0.2) is 77.4 Å². The van der Waals surface area contributed by atoms with Gasteiger partial charge in [-0.3, -0.25) is 25.0 Å². The van der Waals surface area contributed by atoms with Crippen molar-refractivity contribution in [3.05, 3.63) is 105 Å². The molecule has 12 heteroatoms. The average Bonchev–Trinajstić information content (AvgIpc) is 3.53. The number of nitro groups is 1. The van der Waals surface area contributed by atoms with Crippen molar-refractivity contribution in [1.29, 1.82) is 0 Å². The minimum Gasteiger partial charge on any atom is -0.494 e. The van der Waals surface area contributed by atoms with E-state index in [2.05, 4.69) is 15.6 Å². The summed E-state index contributed by atoms with van der Waals surface area (Å²) < 4.78 is 0. The van der Waals surface area contributed by atoms with E-state index < -0.39 is 16.9 Å². The summed E-state index contributed by atoms with van der Waals surface area (Å²) >= 11 is 0.